The molecule has 3 rings (SSSR count). The fourth-order valence-electron chi connectivity index (χ4n) is 2.93. The molecule has 7 heteroatoms. The third-order valence-electron chi connectivity index (χ3n) is 4.06. The van der Waals surface area contributed by atoms with Crippen molar-refractivity contribution in [1.29, 1.82) is 0 Å². The fraction of sp³-hybridized carbons (Fsp3) is 0.438. The van der Waals surface area contributed by atoms with E-state index in [0.717, 1.165) is 31.6 Å². The number of likely N-dealkylation sites (tertiary alicyclic amines) is 1. The lowest BCUT2D eigenvalue weighted by molar-refractivity contribution is 0.0781. The summed E-state index contributed by atoms with van der Waals surface area (Å²) in [5.41, 5.74) is 1.12. The number of nitrogens with one attached hydrogen (secondary N) is 1. The first-order valence-electron chi connectivity index (χ1n) is 7.74. The number of hydrogen-bond acceptors (Lipinski definition) is 4. The molecule has 1 aromatic heterocycles. The smallest absolute Gasteiger partial charge is 0.276 e. The normalized spacial score (nSPS) is 17.7. The Hall–Kier alpha value is -2.28. The van der Waals surface area contributed by atoms with Gasteiger partial charge < -0.3 is 10.2 Å². The van der Waals surface area contributed by atoms with Crippen molar-refractivity contribution in [3.05, 3.63) is 47.5 Å². The molecule has 1 saturated heterocycles. The Labute approximate surface area is 134 Å². The van der Waals surface area contributed by atoms with Gasteiger partial charge in [0.1, 0.15) is 5.82 Å². The van der Waals surface area contributed by atoms with Gasteiger partial charge in [-0.3, -0.25) is 4.79 Å². The summed E-state index contributed by atoms with van der Waals surface area (Å²) in [6.07, 6.45) is 2.63. The highest BCUT2D eigenvalue weighted by Gasteiger charge is 2.27. The molecule has 1 aromatic carbocycles. The molecule has 0 bridgehead atoms. The van der Waals surface area contributed by atoms with Crippen LogP contribution in [-0.4, -0.2) is 52.5 Å². The van der Waals surface area contributed by atoms with Gasteiger partial charge in [-0.05, 0) is 43.6 Å². The quantitative estimate of drug-likeness (QED) is 0.898. The van der Waals surface area contributed by atoms with Gasteiger partial charge in [-0.2, -0.15) is 0 Å². The van der Waals surface area contributed by atoms with Crippen LogP contribution in [0.1, 0.15) is 22.5 Å². The van der Waals surface area contributed by atoms with Crippen LogP contribution in [-0.2, 0) is 6.54 Å². The van der Waals surface area contributed by atoms with Gasteiger partial charge in [0.05, 0.1) is 12.7 Å². The number of hydrogen-bond donors (Lipinski definition) is 1. The van der Waals surface area contributed by atoms with Gasteiger partial charge in [0.15, 0.2) is 5.69 Å². The third kappa shape index (κ3) is 3.73. The second-order valence-corrected chi connectivity index (χ2v) is 5.89. The fourth-order valence-corrected chi connectivity index (χ4v) is 2.93. The predicted octanol–water partition coefficient (Wildman–Crippen LogP) is 1.15. The SMILES string of the molecule is CNC[C@@H]1CCN(C(=O)c2cn(Cc3cccc(F)c3)nn2)C1. The van der Waals surface area contributed by atoms with Crippen molar-refractivity contribution in [1.82, 2.24) is 25.2 Å². The van der Waals surface area contributed by atoms with Crippen molar-refractivity contribution in [2.45, 2.75) is 13.0 Å². The van der Waals surface area contributed by atoms with E-state index in [1.807, 2.05) is 18.0 Å². The highest BCUT2D eigenvalue weighted by molar-refractivity contribution is 5.92. The summed E-state index contributed by atoms with van der Waals surface area (Å²) >= 11 is 0. The van der Waals surface area contributed by atoms with E-state index in [1.54, 1.807) is 16.9 Å². The number of carbonyl (C=O) groups excluding carboxylic acids is 1. The van der Waals surface area contributed by atoms with Crippen molar-refractivity contribution in [2.75, 3.05) is 26.7 Å². The van der Waals surface area contributed by atoms with Gasteiger partial charge in [-0.25, -0.2) is 9.07 Å². The highest BCUT2D eigenvalue weighted by Crippen LogP contribution is 2.17. The summed E-state index contributed by atoms with van der Waals surface area (Å²) in [4.78, 5) is 14.3. The molecule has 2 aromatic rings. The van der Waals surface area contributed by atoms with Crippen LogP contribution in [0.25, 0.3) is 0 Å². The molecule has 1 fully saturated rings. The van der Waals surface area contributed by atoms with E-state index in [4.69, 9.17) is 0 Å². The average Bonchev–Trinajstić information content (AvgIpc) is 3.17. The minimum Gasteiger partial charge on any atom is -0.337 e. The zero-order valence-corrected chi connectivity index (χ0v) is 13.1. The van der Waals surface area contributed by atoms with Gasteiger partial charge in [0, 0.05) is 13.1 Å². The summed E-state index contributed by atoms with van der Waals surface area (Å²) < 4.78 is 14.8. The zero-order chi connectivity index (χ0) is 16.2. The lowest BCUT2D eigenvalue weighted by atomic mass is 10.1. The summed E-state index contributed by atoms with van der Waals surface area (Å²) in [5, 5.41) is 11.1. The number of amides is 1. The Morgan fingerprint density at radius 3 is 3.13 bits per heavy atom. The van der Waals surface area contributed by atoms with Crippen LogP contribution >= 0.6 is 0 Å². The second-order valence-electron chi connectivity index (χ2n) is 5.89. The predicted molar refractivity (Wildman–Crippen MR) is 83.5 cm³/mol. The van der Waals surface area contributed by atoms with Crippen molar-refractivity contribution < 1.29 is 9.18 Å². The maximum absolute atomic E-state index is 13.2. The molecule has 1 atom stereocenters. The van der Waals surface area contributed by atoms with Crippen LogP contribution in [0, 0.1) is 11.7 Å². The van der Waals surface area contributed by atoms with E-state index in [1.165, 1.54) is 12.1 Å². The van der Waals surface area contributed by atoms with Crippen LogP contribution < -0.4 is 5.32 Å². The molecule has 1 aliphatic heterocycles. The maximum atomic E-state index is 13.2. The summed E-state index contributed by atoms with van der Waals surface area (Å²) in [6.45, 7) is 2.80. The van der Waals surface area contributed by atoms with Crippen LogP contribution in [0.4, 0.5) is 4.39 Å². The second kappa shape index (κ2) is 6.87. The summed E-state index contributed by atoms with van der Waals surface area (Å²) in [6, 6.07) is 6.32. The summed E-state index contributed by atoms with van der Waals surface area (Å²) in [5.74, 6) is 0.118. The third-order valence-corrected chi connectivity index (χ3v) is 4.06. The van der Waals surface area contributed by atoms with E-state index in [0.29, 0.717) is 18.2 Å². The van der Waals surface area contributed by atoms with E-state index < -0.39 is 0 Å². The molecule has 0 aliphatic carbocycles. The number of carbonyl (C=O) groups is 1. The summed E-state index contributed by atoms with van der Waals surface area (Å²) in [7, 11) is 1.92. The van der Waals surface area contributed by atoms with Crippen molar-refractivity contribution in [2.24, 2.45) is 5.92 Å². The molecule has 2 heterocycles. The molecule has 1 amide bonds. The first-order chi connectivity index (χ1) is 11.2. The Balaban J connectivity index is 1.64. The molecule has 23 heavy (non-hydrogen) atoms. The number of rotatable bonds is 5. The van der Waals surface area contributed by atoms with Gasteiger partial charge in [-0.15, -0.1) is 5.10 Å². The van der Waals surface area contributed by atoms with E-state index in [9.17, 15) is 9.18 Å². The standard InChI is InChI=1S/C16H20FN5O/c1-18-8-13-5-6-21(9-13)16(23)15-11-22(20-19-15)10-12-3-2-4-14(17)7-12/h2-4,7,11,13,18H,5-6,8-10H2,1H3/t13-/m0/s1. The van der Waals surface area contributed by atoms with Gasteiger partial charge in [0.2, 0.25) is 0 Å². The number of benzene rings is 1. The highest BCUT2D eigenvalue weighted by atomic mass is 19.1. The van der Waals surface area contributed by atoms with E-state index in [2.05, 4.69) is 15.6 Å². The number of nitrogens with zero attached hydrogens (tertiary/aromatic N) is 4. The van der Waals surface area contributed by atoms with Gasteiger partial charge >= 0.3 is 0 Å². The molecular weight excluding hydrogens is 297 g/mol. The van der Waals surface area contributed by atoms with Crippen LogP contribution in [0.5, 0.6) is 0 Å². The number of aromatic nitrogens is 3. The monoisotopic (exact) mass is 317 g/mol. The van der Waals surface area contributed by atoms with Crippen LogP contribution in [0.3, 0.4) is 0 Å². The van der Waals surface area contributed by atoms with Gasteiger partial charge in [0.25, 0.3) is 5.91 Å². The lowest BCUT2D eigenvalue weighted by Gasteiger charge is -2.14. The minimum atomic E-state index is -0.286. The molecule has 0 radical (unpaired) electrons. The van der Waals surface area contributed by atoms with Crippen molar-refractivity contribution >= 4 is 5.91 Å². The van der Waals surface area contributed by atoms with Gasteiger partial charge in [-0.1, -0.05) is 17.3 Å². The number of halogens is 1. The lowest BCUT2D eigenvalue weighted by Crippen LogP contribution is -2.30. The molecule has 6 nitrogen and oxygen atoms in total. The Morgan fingerprint density at radius 2 is 2.35 bits per heavy atom. The molecule has 0 spiro atoms. The largest absolute Gasteiger partial charge is 0.337 e. The first-order valence-corrected chi connectivity index (χ1v) is 7.74. The molecule has 122 valence electrons. The Morgan fingerprint density at radius 1 is 1.48 bits per heavy atom. The topological polar surface area (TPSA) is 63.1 Å². The maximum Gasteiger partial charge on any atom is 0.276 e. The molecular formula is C16H20FN5O. The van der Waals surface area contributed by atoms with Crippen molar-refractivity contribution in [3.63, 3.8) is 0 Å². The minimum absolute atomic E-state index is 0.0888. The first kappa shape index (κ1) is 15.6. The zero-order valence-electron chi connectivity index (χ0n) is 13.1. The molecule has 0 saturated carbocycles. The Kier molecular flexibility index (Phi) is 4.66. The average molecular weight is 317 g/mol. The van der Waals surface area contributed by atoms with E-state index in [-0.39, 0.29) is 11.7 Å². The van der Waals surface area contributed by atoms with Crippen LogP contribution in [0.15, 0.2) is 30.5 Å². The van der Waals surface area contributed by atoms with Crippen molar-refractivity contribution in [3.8, 4) is 0 Å². The molecule has 1 aliphatic rings. The Bertz CT molecular complexity index is 687. The van der Waals surface area contributed by atoms with E-state index >= 15 is 0 Å². The molecule has 0 unspecified atom stereocenters. The molecule has 1 N–H and O–H groups in total. The van der Waals surface area contributed by atoms with Crippen LogP contribution in [0.2, 0.25) is 0 Å².